The summed E-state index contributed by atoms with van der Waals surface area (Å²) < 4.78 is 5.21. The Bertz CT molecular complexity index is 922. The summed E-state index contributed by atoms with van der Waals surface area (Å²) in [7, 11) is 1.64. The lowest BCUT2D eigenvalue weighted by Crippen LogP contribution is -2.17. The molecule has 0 atom stereocenters. The highest BCUT2D eigenvalue weighted by Gasteiger charge is 2.04. The normalized spacial score (nSPS) is 10.9. The molecule has 0 unspecified atom stereocenters. The fourth-order valence-electron chi connectivity index (χ4n) is 2.31. The summed E-state index contributed by atoms with van der Waals surface area (Å²) in [5.74, 6) is 0.511. The second kappa shape index (κ2) is 7.15. The molecule has 0 aliphatic rings. The van der Waals surface area contributed by atoms with Gasteiger partial charge in [-0.1, -0.05) is 35.9 Å². The second-order valence-electron chi connectivity index (χ2n) is 5.18. The van der Waals surface area contributed by atoms with Gasteiger partial charge in [-0.05, 0) is 52.7 Å². The fraction of sp³-hybridized carbons (Fsp3) is 0.0526. The number of carbonyl (C=O) groups is 1. The lowest BCUT2D eigenvalue weighted by atomic mass is 10.1. The number of nitrogens with zero attached hydrogens (tertiary/aromatic N) is 1. The van der Waals surface area contributed by atoms with Crippen molar-refractivity contribution in [2.24, 2.45) is 5.10 Å². The fourth-order valence-corrected chi connectivity index (χ4v) is 2.50. The zero-order valence-electron chi connectivity index (χ0n) is 13.0. The number of fused-ring (bicyclic) bond motifs is 1. The molecule has 0 fully saturated rings. The number of ether oxygens (including phenoxy) is 1. The quantitative estimate of drug-likeness (QED) is 0.570. The van der Waals surface area contributed by atoms with Gasteiger partial charge in [-0.15, -0.1) is 0 Å². The van der Waals surface area contributed by atoms with Crippen LogP contribution in [0.25, 0.3) is 10.8 Å². The van der Waals surface area contributed by atoms with Crippen molar-refractivity contribution in [3.63, 3.8) is 0 Å². The lowest BCUT2D eigenvalue weighted by Gasteiger charge is -2.03. The summed E-state index contributed by atoms with van der Waals surface area (Å²) in [6.45, 7) is 0. The van der Waals surface area contributed by atoms with Gasteiger partial charge in [0, 0.05) is 10.6 Å². The van der Waals surface area contributed by atoms with E-state index in [1.807, 2.05) is 36.4 Å². The molecule has 0 aliphatic heterocycles. The molecule has 0 saturated carbocycles. The minimum absolute atomic E-state index is 0.306. The summed E-state index contributed by atoms with van der Waals surface area (Å²) in [6.07, 6.45) is 1.60. The Morgan fingerprint density at radius 3 is 2.67 bits per heavy atom. The molecule has 120 valence electrons. The first-order chi connectivity index (χ1) is 11.7. The van der Waals surface area contributed by atoms with Crippen molar-refractivity contribution in [3.8, 4) is 5.75 Å². The van der Waals surface area contributed by atoms with Crippen LogP contribution < -0.4 is 10.2 Å². The van der Waals surface area contributed by atoms with Crippen LogP contribution in [-0.4, -0.2) is 19.2 Å². The zero-order chi connectivity index (χ0) is 16.9. The van der Waals surface area contributed by atoms with Gasteiger partial charge in [0.05, 0.1) is 13.3 Å². The van der Waals surface area contributed by atoms with Gasteiger partial charge in [0.2, 0.25) is 0 Å². The molecule has 5 heteroatoms. The van der Waals surface area contributed by atoms with E-state index in [4.69, 9.17) is 16.3 Å². The number of methoxy groups -OCH3 is 1. The van der Waals surface area contributed by atoms with Gasteiger partial charge in [0.1, 0.15) is 5.75 Å². The molecule has 0 saturated heterocycles. The number of carbonyl (C=O) groups excluding carboxylic acids is 1. The molecular weight excluding hydrogens is 324 g/mol. The molecule has 1 N–H and O–H groups in total. The van der Waals surface area contributed by atoms with Crippen LogP contribution in [0.5, 0.6) is 5.75 Å². The average Bonchev–Trinajstić information content (AvgIpc) is 2.61. The number of benzene rings is 3. The highest BCUT2D eigenvalue weighted by atomic mass is 35.5. The molecule has 4 nitrogen and oxygen atoms in total. The lowest BCUT2D eigenvalue weighted by molar-refractivity contribution is 0.0955. The Kier molecular flexibility index (Phi) is 4.77. The molecule has 0 bridgehead atoms. The van der Waals surface area contributed by atoms with Crippen molar-refractivity contribution in [2.45, 2.75) is 0 Å². The van der Waals surface area contributed by atoms with Crippen LogP contribution in [0.4, 0.5) is 0 Å². The van der Waals surface area contributed by atoms with Gasteiger partial charge in [0.15, 0.2) is 0 Å². The number of hydrogen-bond acceptors (Lipinski definition) is 3. The first kappa shape index (κ1) is 16.0. The summed E-state index contributed by atoms with van der Waals surface area (Å²) in [4.78, 5) is 12.0. The van der Waals surface area contributed by atoms with Crippen molar-refractivity contribution in [3.05, 3.63) is 76.8 Å². The van der Waals surface area contributed by atoms with Gasteiger partial charge < -0.3 is 4.74 Å². The van der Waals surface area contributed by atoms with E-state index >= 15 is 0 Å². The highest BCUT2D eigenvalue weighted by Crippen LogP contribution is 2.21. The van der Waals surface area contributed by atoms with Crippen molar-refractivity contribution >= 4 is 34.5 Å². The Balaban J connectivity index is 1.72. The topological polar surface area (TPSA) is 50.7 Å². The van der Waals surface area contributed by atoms with Gasteiger partial charge in [0.25, 0.3) is 5.91 Å². The molecule has 0 radical (unpaired) electrons. The van der Waals surface area contributed by atoms with E-state index in [9.17, 15) is 4.79 Å². The van der Waals surface area contributed by atoms with E-state index in [-0.39, 0.29) is 5.91 Å². The maximum Gasteiger partial charge on any atom is 0.271 e. The average molecular weight is 339 g/mol. The number of hydrazone groups is 1. The third kappa shape index (κ3) is 3.73. The van der Waals surface area contributed by atoms with Gasteiger partial charge >= 0.3 is 0 Å². The first-order valence-electron chi connectivity index (χ1n) is 7.32. The Morgan fingerprint density at radius 1 is 1.08 bits per heavy atom. The first-order valence-corrected chi connectivity index (χ1v) is 7.70. The summed E-state index contributed by atoms with van der Waals surface area (Å²) in [5.41, 5.74) is 3.84. The minimum atomic E-state index is -0.306. The maximum atomic E-state index is 12.0. The molecule has 0 heterocycles. The summed E-state index contributed by atoms with van der Waals surface area (Å²) in [6, 6.07) is 18.5. The van der Waals surface area contributed by atoms with Crippen LogP contribution in [-0.2, 0) is 0 Å². The van der Waals surface area contributed by atoms with Crippen molar-refractivity contribution in [1.29, 1.82) is 0 Å². The van der Waals surface area contributed by atoms with E-state index in [1.165, 1.54) is 0 Å². The van der Waals surface area contributed by atoms with Crippen molar-refractivity contribution < 1.29 is 9.53 Å². The molecule has 24 heavy (non-hydrogen) atoms. The van der Waals surface area contributed by atoms with Crippen LogP contribution in [0.15, 0.2) is 65.8 Å². The Hall–Kier alpha value is -2.85. The highest BCUT2D eigenvalue weighted by molar-refractivity contribution is 6.30. The Morgan fingerprint density at radius 2 is 1.88 bits per heavy atom. The largest absolute Gasteiger partial charge is 0.497 e. The van der Waals surface area contributed by atoms with E-state index in [0.29, 0.717) is 10.6 Å². The number of rotatable bonds is 4. The van der Waals surface area contributed by atoms with Crippen LogP contribution in [0.3, 0.4) is 0 Å². The van der Waals surface area contributed by atoms with Gasteiger partial charge in [-0.25, -0.2) is 5.43 Å². The van der Waals surface area contributed by atoms with Gasteiger partial charge in [-0.3, -0.25) is 4.79 Å². The summed E-state index contributed by atoms with van der Waals surface area (Å²) in [5, 5.41) is 6.66. The van der Waals surface area contributed by atoms with E-state index in [2.05, 4.69) is 10.5 Å². The molecule has 1 amide bonds. The molecule has 3 aromatic carbocycles. The summed E-state index contributed by atoms with van der Waals surface area (Å²) >= 11 is 5.87. The van der Waals surface area contributed by atoms with Crippen LogP contribution in [0.2, 0.25) is 5.02 Å². The number of hydrogen-bond donors (Lipinski definition) is 1. The van der Waals surface area contributed by atoms with E-state index in [0.717, 1.165) is 22.1 Å². The van der Waals surface area contributed by atoms with Crippen LogP contribution >= 0.6 is 11.6 Å². The third-order valence-corrected chi connectivity index (χ3v) is 3.77. The van der Waals surface area contributed by atoms with Crippen LogP contribution in [0, 0.1) is 0 Å². The predicted molar refractivity (Wildman–Crippen MR) is 97.0 cm³/mol. The number of halogens is 1. The number of nitrogens with one attached hydrogen (secondary N) is 1. The molecule has 0 aromatic heterocycles. The van der Waals surface area contributed by atoms with Crippen LogP contribution in [0.1, 0.15) is 15.9 Å². The minimum Gasteiger partial charge on any atom is -0.497 e. The van der Waals surface area contributed by atoms with Crippen molar-refractivity contribution in [2.75, 3.05) is 7.11 Å². The molecule has 3 rings (SSSR count). The molecule has 0 spiro atoms. The molecule has 0 aliphatic carbocycles. The monoisotopic (exact) mass is 338 g/mol. The standard InChI is InChI=1S/C19H15ClN2O2/c1-24-18-8-7-14-9-13(5-6-15(14)11-18)12-21-22-19(23)16-3-2-4-17(20)10-16/h2-12H,1H3,(H,22,23)/b21-12-. The maximum absolute atomic E-state index is 12.0. The van der Waals surface area contributed by atoms with E-state index in [1.54, 1.807) is 37.6 Å². The Labute approximate surface area is 144 Å². The second-order valence-corrected chi connectivity index (χ2v) is 5.62. The molecular formula is C19H15ClN2O2. The zero-order valence-corrected chi connectivity index (χ0v) is 13.7. The van der Waals surface area contributed by atoms with Crippen molar-refractivity contribution in [1.82, 2.24) is 5.43 Å². The third-order valence-electron chi connectivity index (χ3n) is 3.54. The predicted octanol–water partition coefficient (Wildman–Crippen LogP) is 4.27. The van der Waals surface area contributed by atoms with E-state index < -0.39 is 0 Å². The molecule has 3 aromatic rings. The van der Waals surface area contributed by atoms with Gasteiger partial charge in [-0.2, -0.15) is 5.10 Å². The number of amides is 1. The SMILES string of the molecule is COc1ccc2cc(/C=N\NC(=O)c3cccc(Cl)c3)ccc2c1. The smallest absolute Gasteiger partial charge is 0.271 e.